The Kier molecular flexibility index (Phi) is 6.58. The number of hydrogen-bond acceptors (Lipinski definition) is 6. The molecule has 0 radical (unpaired) electrons. The lowest BCUT2D eigenvalue weighted by atomic mass is 9.75. The van der Waals surface area contributed by atoms with Crippen molar-refractivity contribution < 1.29 is 22.7 Å². The molecule has 11 heteroatoms. The second kappa shape index (κ2) is 9.58. The first-order chi connectivity index (χ1) is 17.6. The molecule has 1 aromatic heterocycles. The van der Waals surface area contributed by atoms with E-state index in [0.29, 0.717) is 18.5 Å². The Bertz CT molecular complexity index is 1260. The van der Waals surface area contributed by atoms with Gasteiger partial charge < -0.3 is 14.5 Å². The van der Waals surface area contributed by atoms with Crippen LogP contribution in [-0.2, 0) is 11.0 Å². The molecule has 2 aromatic rings. The van der Waals surface area contributed by atoms with Gasteiger partial charge in [0.1, 0.15) is 17.4 Å². The topological polar surface area (TPSA) is 72.7 Å². The number of ether oxygens (including phenoxy) is 1. The predicted molar refractivity (Wildman–Crippen MR) is 135 cm³/mol. The number of anilines is 2. The maximum Gasteiger partial charge on any atom is 0.419 e. The van der Waals surface area contributed by atoms with E-state index in [4.69, 9.17) is 22.2 Å². The molecule has 3 aliphatic rings. The number of thiocarbonyl (C=S) groups is 1. The van der Waals surface area contributed by atoms with Crippen molar-refractivity contribution in [2.45, 2.75) is 56.3 Å². The van der Waals surface area contributed by atoms with Crippen LogP contribution in [0.25, 0.3) is 0 Å². The molecule has 0 N–H and O–H groups in total. The monoisotopic (exact) mass is 529 g/mol. The number of amides is 1. The van der Waals surface area contributed by atoms with Gasteiger partial charge in [-0.3, -0.25) is 9.69 Å². The maximum atomic E-state index is 13.6. The normalized spacial score (nSPS) is 22.1. The third kappa shape index (κ3) is 4.53. The molecule has 194 valence electrons. The Morgan fingerprint density at radius 1 is 1.14 bits per heavy atom. The fourth-order valence-electron chi connectivity index (χ4n) is 5.28. The van der Waals surface area contributed by atoms with Gasteiger partial charge in [0.2, 0.25) is 0 Å². The van der Waals surface area contributed by atoms with Gasteiger partial charge in [-0.1, -0.05) is 0 Å². The summed E-state index contributed by atoms with van der Waals surface area (Å²) in [6.07, 6.45) is 1.29. The lowest BCUT2D eigenvalue weighted by molar-refractivity contribution is -0.138. The van der Waals surface area contributed by atoms with Crippen molar-refractivity contribution in [2.24, 2.45) is 0 Å². The van der Waals surface area contributed by atoms with Crippen molar-refractivity contribution in [2.75, 3.05) is 29.9 Å². The molecule has 1 unspecified atom stereocenters. The largest absolute Gasteiger partial charge is 0.490 e. The highest BCUT2D eigenvalue weighted by molar-refractivity contribution is 7.81. The van der Waals surface area contributed by atoms with Gasteiger partial charge in [0.25, 0.3) is 5.91 Å². The summed E-state index contributed by atoms with van der Waals surface area (Å²) in [5.74, 6) is 0.339. The number of pyridine rings is 1. The van der Waals surface area contributed by atoms with Crippen LogP contribution in [-0.4, -0.2) is 52.7 Å². The number of hydrogen-bond donors (Lipinski definition) is 0. The summed E-state index contributed by atoms with van der Waals surface area (Å²) < 4.78 is 46.9. The van der Waals surface area contributed by atoms with Crippen molar-refractivity contribution in [3.05, 3.63) is 47.8 Å². The molecule has 1 aromatic carbocycles. The van der Waals surface area contributed by atoms with Crippen LogP contribution in [0.5, 0.6) is 5.75 Å². The number of carbonyl (C=O) groups is 1. The minimum absolute atomic E-state index is 0.0878. The highest BCUT2D eigenvalue weighted by Gasteiger charge is 2.59. The first kappa shape index (κ1) is 25.4. The number of likely N-dealkylation sites (tertiary alicyclic amines) is 1. The average Bonchev–Trinajstić information content (AvgIpc) is 2.93. The molecule has 5 rings (SSSR count). The molecule has 3 fully saturated rings. The maximum absolute atomic E-state index is 13.6. The number of benzene rings is 1. The molecule has 2 aliphatic heterocycles. The second-order valence-corrected chi connectivity index (χ2v) is 10.2. The van der Waals surface area contributed by atoms with Gasteiger partial charge in [0.15, 0.2) is 10.8 Å². The number of alkyl halides is 3. The van der Waals surface area contributed by atoms with Crippen molar-refractivity contribution >= 4 is 34.6 Å². The fourth-order valence-corrected chi connectivity index (χ4v) is 5.75. The smallest absolute Gasteiger partial charge is 0.419 e. The first-order valence-corrected chi connectivity index (χ1v) is 12.7. The van der Waals surface area contributed by atoms with Gasteiger partial charge in [0.05, 0.1) is 23.6 Å². The lowest BCUT2D eigenvalue weighted by Crippen LogP contribution is -2.55. The molecule has 0 bridgehead atoms. The second-order valence-electron chi connectivity index (χ2n) is 9.81. The molecule has 1 amide bonds. The Balaban J connectivity index is 1.42. The van der Waals surface area contributed by atoms with Crippen molar-refractivity contribution in [1.82, 2.24) is 9.88 Å². The quantitative estimate of drug-likeness (QED) is 0.522. The Morgan fingerprint density at radius 3 is 2.49 bits per heavy atom. The molecule has 1 atom stereocenters. The number of rotatable bonds is 4. The third-order valence-electron chi connectivity index (χ3n) is 7.43. The summed E-state index contributed by atoms with van der Waals surface area (Å²) in [7, 11) is 2.11. The lowest BCUT2D eigenvalue weighted by Gasteiger charge is -2.43. The number of nitrogens with zero attached hydrogens (tertiary/aromatic N) is 5. The van der Waals surface area contributed by atoms with Crippen LogP contribution < -0.4 is 14.5 Å². The van der Waals surface area contributed by atoms with Crippen molar-refractivity contribution in [3.8, 4) is 11.8 Å². The zero-order chi connectivity index (χ0) is 26.4. The van der Waals surface area contributed by atoms with Gasteiger partial charge in [-0.25, -0.2) is 4.98 Å². The summed E-state index contributed by atoms with van der Waals surface area (Å²) in [5, 5.41) is 9.16. The van der Waals surface area contributed by atoms with Gasteiger partial charge in [-0.2, -0.15) is 18.4 Å². The third-order valence-corrected chi connectivity index (χ3v) is 7.80. The molecule has 1 spiro atoms. The molecular formula is C26H26F3N5O2S. The minimum atomic E-state index is -4.80. The summed E-state index contributed by atoms with van der Waals surface area (Å²) in [6, 6.07) is 9.59. The van der Waals surface area contributed by atoms with E-state index in [1.807, 2.05) is 24.3 Å². The van der Waals surface area contributed by atoms with E-state index in [1.165, 1.54) is 6.07 Å². The molecule has 1 aliphatic carbocycles. The number of halogens is 3. The zero-order valence-corrected chi connectivity index (χ0v) is 21.1. The summed E-state index contributed by atoms with van der Waals surface area (Å²) in [5.41, 5.74) is -2.33. The number of aromatic nitrogens is 1. The fraction of sp³-hybridized carbons (Fsp3) is 0.462. The molecular weight excluding hydrogens is 503 g/mol. The van der Waals surface area contributed by atoms with Crippen LogP contribution in [0.4, 0.5) is 24.5 Å². The van der Waals surface area contributed by atoms with Gasteiger partial charge >= 0.3 is 6.18 Å². The van der Waals surface area contributed by atoms with Crippen LogP contribution >= 0.6 is 12.2 Å². The van der Waals surface area contributed by atoms with Gasteiger partial charge in [-0.05, 0) is 94.7 Å². The molecule has 2 saturated heterocycles. The van der Waals surface area contributed by atoms with E-state index in [9.17, 15) is 18.0 Å². The van der Waals surface area contributed by atoms with Crippen LogP contribution in [0.3, 0.4) is 0 Å². The molecule has 37 heavy (non-hydrogen) atoms. The van der Waals surface area contributed by atoms with E-state index in [-0.39, 0.29) is 22.8 Å². The van der Waals surface area contributed by atoms with E-state index in [0.717, 1.165) is 61.7 Å². The minimum Gasteiger partial charge on any atom is -0.490 e. The first-order valence-electron chi connectivity index (χ1n) is 12.3. The van der Waals surface area contributed by atoms with E-state index in [1.54, 1.807) is 4.90 Å². The van der Waals surface area contributed by atoms with Crippen molar-refractivity contribution in [1.29, 1.82) is 5.26 Å². The SMILES string of the molecule is CN1CCCC(Oc2ccc(N3C(=S)N(c4cnc(C#N)c(C(F)(F)F)c4)C(=O)C34CCC4)cc2)CC1. The van der Waals surface area contributed by atoms with E-state index < -0.39 is 23.0 Å². The van der Waals surface area contributed by atoms with Crippen molar-refractivity contribution in [3.63, 3.8) is 0 Å². The zero-order valence-electron chi connectivity index (χ0n) is 20.3. The van der Waals surface area contributed by atoms with Gasteiger partial charge in [-0.15, -0.1) is 0 Å². The van der Waals surface area contributed by atoms with Crippen LogP contribution in [0.2, 0.25) is 0 Å². The summed E-state index contributed by atoms with van der Waals surface area (Å²) in [4.78, 5) is 22.4. The molecule has 7 nitrogen and oxygen atoms in total. The summed E-state index contributed by atoms with van der Waals surface area (Å²) >= 11 is 5.66. The highest BCUT2D eigenvalue weighted by atomic mass is 32.1. The highest BCUT2D eigenvalue weighted by Crippen LogP contribution is 2.48. The number of nitriles is 1. The van der Waals surface area contributed by atoms with E-state index >= 15 is 0 Å². The Hall–Kier alpha value is -3.23. The van der Waals surface area contributed by atoms with Crippen LogP contribution in [0.1, 0.15) is 49.8 Å². The number of carbonyl (C=O) groups excluding carboxylic acids is 1. The molecule has 3 heterocycles. The average molecular weight is 530 g/mol. The predicted octanol–water partition coefficient (Wildman–Crippen LogP) is 4.90. The van der Waals surface area contributed by atoms with E-state index in [2.05, 4.69) is 16.9 Å². The standard InChI is InChI=1S/C26H26F3N5O2S/c1-32-12-2-4-19(9-13-32)36-20-7-5-17(6-8-20)34-24(37)33(23(35)25(34)10-3-11-25)18-14-21(26(27,28)29)22(15-30)31-16-18/h5-8,14,16,19H,2-4,9-13H2,1H3. The van der Waals surface area contributed by atoms with Crippen LogP contribution in [0, 0.1) is 11.3 Å². The Morgan fingerprint density at radius 2 is 1.86 bits per heavy atom. The van der Waals surface area contributed by atoms with Crippen LogP contribution in [0.15, 0.2) is 36.5 Å². The molecule has 1 saturated carbocycles. The van der Waals surface area contributed by atoms with Gasteiger partial charge in [0, 0.05) is 12.2 Å². The Labute approximate surface area is 218 Å². The summed E-state index contributed by atoms with van der Waals surface area (Å²) in [6.45, 7) is 2.03.